The first-order chi connectivity index (χ1) is 14.0. The van der Waals surface area contributed by atoms with E-state index in [9.17, 15) is 18.0 Å². The lowest BCUT2D eigenvalue weighted by Crippen LogP contribution is -2.54. The molecule has 2 saturated heterocycles. The standard InChI is InChI=1S/C19H25F3N6O2/c1-18(2,3)30-17(29)28-10-13(11-28)24-9-12(8-23)14-7-15(19(20,21)22)26-16(25-14)27-5-4-6-27/h7-9,13H,4-6,10-11,23H2,1-3H3/b12-8+,24-9?. The van der Waals surface area contributed by atoms with Crippen LogP contribution in [0.15, 0.2) is 17.3 Å². The molecule has 0 aliphatic carbocycles. The van der Waals surface area contributed by atoms with Gasteiger partial charge in [0.1, 0.15) is 5.60 Å². The van der Waals surface area contributed by atoms with Gasteiger partial charge in [0.25, 0.3) is 0 Å². The number of rotatable bonds is 4. The molecule has 2 aliphatic rings. The SMILES string of the molecule is CC(C)(C)OC(=O)N1CC(N=C/C(=C\N)c2cc(C(F)(F)F)nc(N3CCC3)n2)C1. The number of likely N-dealkylation sites (tertiary alicyclic amines) is 1. The normalized spacial score (nSPS) is 18.4. The number of amides is 1. The summed E-state index contributed by atoms with van der Waals surface area (Å²) in [6, 6.07) is 0.674. The lowest BCUT2D eigenvalue weighted by Gasteiger charge is -2.37. The molecule has 8 nitrogen and oxygen atoms in total. The summed E-state index contributed by atoms with van der Waals surface area (Å²) in [4.78, 5) is 27.4. The highest BCUT2D eigenvalue weighted by Gasteiger charge is 2.35. The molecule has 0 aromatic carbocycles. The first-order valence-corrected chi connectivity index (χ1v) is 9.61. The van der Waals surface area contributed by atoms with Crippen LogP contribution in [0.25, 0.3) is 5.57 Å². The summed E-state index contributed by atoms with van der Waals surface area (Å²) in [6.45, 7) is 7.29. The van der Waals surface area contributed by atoms with Crippen LogP contribution in [0.4, 0.5) is 23.9 Å². The van der Waals surface area contributed by atoms with Crippen LogP contribution in [-0.4, -0.2) is 65.0 Å². The van der Waals surface area contributed by atoms with Crippen molar-refractivity contribution in [3.8, 4) is 0 Å². The van der Waals surface area contributed by atoms with E-state index >= 15 is 0 Å². The molecule has 2 aliphatic heterocycles. The van der Waals surface area contributed by atoms with E-state index in [1.807, 2.05) is 0 Å². The molecule has 1 aromatic heterocycles. The van der Waals surface area contributed by atoms with E-state index in [4.69, 9.17) is 10.5 Å². The minimum Gasteiger partial charge on any atom is -0.444 e. The van der Waals surface area contributed by atoms with Crippen LogP contribution in [0.3, 0.4) is 0 Å². The maximum atomic E-state index is 13.3. The Bertz CT molecular complexity index is 853. The Labute approximate surface area is 172 Å². The third kappa shape index (κ3) is 5.19. The van der Waals surface area contributed by atoms with Crippen molar-refractivity contribution in [1.29, 1.82) is 0 Å². The number of ether oxygens (including phenoxy) is 1. The van der Waals surface area contributed by atoms with Gasteiger partial charge in [0, 0.05) is 44.2 Å². The van der Waals surface area contributed by atoms with E-state index in [0.29, 0.717) is 26.2 Å². The molecule has 11 heteroatoms. The Hall–Kier alpha value is -2.85. The van der Waals surface area contributed by atoms with Gasteiger partial charge >= 0.3 is 12.3 Å². The molecule has 0 unspecified atom stereocenters. The predicted molar refractivity (Wildman–Crippen MR) is 106 cm³/mol. The fraction of sp³-hybridized carbons (Fsp3) is 0.579. The lowest BCUT2D eigenvalue weighted by molar-refractivity contribution is -0.141. The summed E-state index contributed by atoms with van der Waals surface area (Å²) in [6.07, 6.45) is -1.59. The highest BCUT2D eigenvalue weighted by Crippen LogP contribution is 2.31. The van der Waals surface area contributed by atoms with Crippen molar-refractivity contribution in [1.82, 2.24) is 14.9 Å². The van der Waals surface area contributed by atoms with Crippen LogP contribution < -0.4 is 10.6 Å². The van der Waals surface area contributed by atoms with Crippen LogP contribution in [0, 0.1) is 0 Å². The molecular weight excluding hydrogens is 401 g/mol. The van der Waals surface area contributed by atoms with E-state index < -0.39 is 23.6 Å². The molecule has 3 rings (SSSR count). The zero-order valence-electron chi connectivity index (χ0n) is 17.1. The number of nitrogens with two attached hydrogens (primary N) is 1. The maximum absolute atomic E-state index is 13.3. The fourth-order valence-electron chi connectivity index (χ4n) is 2.79. The Morgan fingerprint density at radius 2 is 1.93 bits per heavy atom. The van der Waals surface area contributed by atoms with Crippen molar-refractivity contribution >= 4 is 23.8 Å². The van der Waals surface area contributed by atoms with E-state index in [2.05, 4.69) is 15.0 Å². The van der Waals surface area contributed by atoms with Gasteiger partial charge in [0.05, 0.1) is 11.7 Å². The first kappa shape index (κ1) is 21.8. The summed E-state index contributed by atoms with van der Waals surface area (Å²) in [5, 5.41) is 0. The van der Waals surface area contributed by atoms with Crippen molar-refractivity contribution in [2.75, 3.05) is 31.1 Å². The zero-order chi connectivity index (χ0) is 22.1. The summed E-state index contributed by atoms with van der Waals surface area (Å²) in [5.74, 6) is 0.0265. The largest absolute Gasteiger partial charge is 0.444 e. The number of halogens is 3. The van der Waals surface area contributed by atoms with Gasteiger partial charge in [-0.2, -0.15) is 13.2 Å². The monoisotopic (exact) mass is 426 g/mol. The summed E-state index contributed by atoms with van der Waals surface area (Å²) in [7, 11) is 0. The smallest absolute Gasteiger partial charge is 0.433 e. The number of aliphatic imine (C=N–C) groups is 1. The van der Waals surface area contributed by atoms with E-state index in [1.54, 1.807) is 25.7 Å². The quantitative estimate of drug-likeness (QED) is 0.744. The minimum atomic E-state index is -4.60. The van der Waals surface area contributed by atoms with Gasteiger partial charge in [-0.05, 0) is 33.3 Å². The number of carbonyl (C=O) groups excluding carboxylic acids is 1. The molecule has 1 aromatic rings. The molecule has 30 heavy (non-hydrogen) atoms. The summed E-state index contributed by atoms with van der Waals surface area (Å²) in [5.41, 5.74) is 4.32. The zero-order valence-corrected chi connectivity index (χ0v) is 17.1. The molecular formula is C19H25F3N6O2. The van der Waals surface area contributed by atoms with Gasteiger partial charge in [-0.25, -0.2) is 14.8 Å². The number of aromatic nitrogens is 2. The van der Waals surface area contributed by atoms with Crippen molar-refractivity contribution < 1.29 is 22.7 Å². The average molecular weight is 426 g/mol. The molecule has 0 radical (unpaired) electrons. The van der Waals surface area contributed by atoms with Crippen LogP contribution >= 0.6 is 0 Å². The van der Waals surface area contributed by atoms with Gasteiger partial charge in [0.15, 0.2) is 5.69 Å². The van der Waals surface area contributed by atoms with Gasteiger partial charge in [-0.1, -0.05) is 0 Å². The van der Waals surface area contributed by atoms with E-state index in [1.165, 1.54) is 11.1 Å². The number of carbonyl (C=O) groups is 1. The fourth-order valence-corrected chi connectivity index (χ4v) is 2.79. The predicted octanol–water partition coefficient (Wildman–Crippen LogP) is 2.70. The number of hydrogen-bond acceptors (Lipinski definition) is 7. The van der Waals surface area contributed by atoms with Gasteiger partial charge in [0.2, 0.25) is 5.95 Å². The molecule has 164 valence electrons. The van der Waals surface area contributed by atoms with Crippen LogP contribution in [0.5, 0.6) is 0 Å². The van der Waals surface area contributed by atoms with Crippen molar-refractivity contribution in [3.05, 3.63) is 23.7 Å². The molecule has 2 fully saturated rings. The van der Waals surface area contributed by atoms with Crippen molar-refractivity contribution in [2.24, 2.45) is 10.7 Å². The highest BCUT2D eigenvalue weighted by atomic mass is 19.4. The number of anilines is 1. The lowest BCUT2D eigenvalue weighted by atomic mass is 10.1. The third-order valence-electron chi connectivity index (χ3n) is 4.56. The Morgan fingerprint density at radius 1 is 1.27 bits per heavy atom. The second-order valence-electron chi connectivity index (χ2n) is 8.22. The van der Waals surface area contributed by atoms with E-state index in [-0.39, 0.29) is 23.3 Å². The molecule has 0 atom stereocenters. The number of allylic oxidation sites excluding steroid dienone is 1. The highest BCUT2D eigenvalue weighted by molar-refractivity contribution is 6.09. The van der Waals surface area contributed by atoms with Gasteiger partial charge in [-0.15, -0.1) is 0 Å². The van der Waals surface area contributed by atoms with E-state index in [0.717, 1.165) is 18.7 Å². The molecule has 0 saturated carbocycles. The summed E-state index contributed by atoms with van der Waals surface area (Å²) >= 11 is 0. The molecule has 1 amide bonds. The molecule has 3 heterocycles. The molecule has 2 N–H and O–H groups in total. The second kappa shape index (κ2) is 8.11. The van der Waals surface area contributed by atoms with Gasteiger partial charge in [-0.3, -0.25) is 4.99 Å². The van der Waals surface area contributed by atoms with Crippen molar-refractivity contribution in [3.63, 3.8) is 0 Å². The Balaban J connectivity index is 1.70. The summed E-state index contributed by atoms with van der Waals surface area (Å²) < 4.78 is 45.1. The number of hydrogen-bond donors (Lipinski definition) is 1. The minimum absolute atomic E-state index is 0.0265. The maximum Gasteiger partial charge on any atom is 0.433 e. The van der Waals surface area contributed by atoms with Crippen LogP contribution in [-0.2, 0) is 10.9 Å². The van der Waals surface area contributed by atoms with Crippen molar-refractivity contribution in [2.45, 2.75) is 45.0 Å². The number of alkyl halides is 3. The third-order valence-corrected chi connectivity index (χ3v) is 4.56. The van der Waals surface area contributed by atoms with Gasteiger partial charge < -0.3 is 20.3 Å². The molecule has 0 spiro atoms. The van der Waals surface area contributed by atoms with Crippen LogP contribution in [0.2, 0.25) is 0 Å². The number of nitrogens with zero attached hydrogens (tertiary/aromatic N) is 5. The Kier molecular flexibility index (Phi) is 5.91. The second-order valence-corrected chi connectivity index (χ2v) is 8.22. The molecule has 0 bridgehead atoms. The first-order valence-electron chi connectivity index (χ1n) is 9.61. The topological polar surface area (TPSA) is 96.9 Å². The Morgan fingerprint density at radius 3 is 2.43 bits per heavy atom. The average Bonchev–Trinajstić information content (AvgIpc) is 2.52. The van der Waals surface area contributed by atoms with Crippen LogP contribution in [0.1, 0.15) is 38.6 Å².